The molecule has 2 rings (SSSR count). The van der Waals surface area contributed by atoms with Gasteiger partial charge in [0.25, 0.3) is 0 Å². The van der Waals surface area contributed by atoms with Gasteiger partial charge in [-0.2, -0.15) is 13.2 Å². The fraction of sp³-hybridized carbons (Fsp3) is 0.300. The van der Waals surface area contributed by atoms with Crippen molar-refractivity contribution in [3.8, 4) is 0 Å². The van der Waals surface area contributed by atoms with E-state index in [1.165, 1.54) is 24.4 Å². The van der Waals surface area contributed by atoms with Gasteiger partial charge in [0, 0.05) is 0 Å². The van der Waals surface area contributed by atoms with Crippen molar-refractivity contribution >= 4 is 18.3 Å². The first-order chi connectivity index (χ1) is 7.95. The van der Waals surface area contributed by atoms with E-state index in [0.29, 0.717) is 12.1 Å². The van der Waals surface area contributed by atoms with E-state index in [1.54, 1.807) is 10.4 Å². The van der Waals surface area contributed by atoms with Crippen molar-refractivity contribution in [2.45, 2.75) is 18.2 Å². The van der Waals surface area contributed by atoms with Gasteiger partial charge in [0.1, 0.15) is 0 Å². The highest BCUT2D eigenvalue weighted by atomic mass is 32.2. The van der Waals surface area contributed by atoms with Gasteiger partial charge in [-0.1, -0.05) is 12.1 Å². The van der Waals surface area contributed by atoms with Crippen LogP contribution < -0.4 is 5.73 Å². The van der Waals surface area contributed by atoms with E-state index in [0.717, 1.165) is 12.1 Å². The summed E-state index contributed by atoms with van der Waals surface area (Å²) in [6.07, 6.45) is -2.77. The van der Waals surface area contributed by atoms with Crippen molar-refractivity contribution < 1.29 is 13.2 Å². The van der Waals surface area contributed by atoms with E-state index in [2.05, 4.69) is 4.99 Å². The van der Waals surface area contributed by atoms with E-state index in [4.69, 9.17) is 5.73 Å². The van der Waals surface area contributed by atoms with Crippen LogP contribution in [0.4, 0.5) is 13.2 Å². The largest absolute Gasteiger partial charge is 0.416 e. The highest BCUT2D eigenvalue weighted by Gasteiger charge is 2.30. The van der Waals surface area contributed by atoms with Crippen LogP contribution in [0.5, 0.6) is 0 Å². The van der Waals surface area contributed by atoms with Crippen LogP contribution in [-0.2, 0) is 12.7 Å². The van der Waals surface area contributed by atoms with Crippen molar-refractivity contribution in [3.05, 3.63) is 35.4 Å². The Morgan fingerprint density at radius 1 is 1.41 bits per heavy atom. The van der Waals surface area contributed by atoms with Crippen LogP contribution in [0.15, 0.2) is 29.3 Å². The summed E-state index contributed by atoms with van der Waals surface area (Å²) in [7, 11) is 0. The highest BCUT2D eigenvalue weighted by molar-refractivity contribution is 7.98. The van der Waals surface area contributed by atoms with Gasteiger partial charge in [0.05, 0.1) is 18.4 Å². The molecular formula is C10H10F3N3S. The van der Waals surface area contributed by atoms with E-state index >= 15 is 0 Å². The van der Waals surface area contributed by atoms with Gasteiger partial charge >= 0.3 is 6.18 Å². The Bertz CT molecular complexity index is 433. The number of hydrogen-bond donors (Lipinski definition) is 1. The predicted molar refractivity (Wildman–Crippen MR) is 61.0 cm³/mol. The second-order valence-electron chi connectivity index (χ2n) is 3.53. The van der Waals surface area contributed by atoms with Gasteiger partial charge in [-0.15, -0.1) is 0 Å². The monoisotopic (exact) mass is 261 g/mol. The van der Waals surface area contributed by atoms with Gasteiger partial charge in [0.2, 0.25) is 0 Å². The molecule has 0 radical (unpaired) electrons. The van der Waals surface area contributed by atoms with Crippen LogP contribution in [0.2, 0.25) is 0 Å². The standard InChI is InChI=1S/C10H10F3N3S/c11-10(12,13)8-3-1-2-7(4-8)5-16-6-15-9(14)17-16/h1-4,6,9H,5,14H2. The Morgan fingerprint density at radius 2 is 2.18 bits per heavy atom. The number of nitrogens with zero attached hydrogens (tertiary/aromatic N) is 2. The molecule has 0 fully saturated rings. The third-order valence-corrected chi connectivity index (χ3v) is 3.01. The first-order valence-corrected chi connectivity index (χ1v) is 5.67. The molecule has 0 spiro atoms. The van der Waals surface area contributed by atoms with Crippen LogP contribution in [0.25, 0.3) is 0 Å². The number of rotatable bonds is 2. The van der Waals surface area contributed by atoms with Crippen LogP contribution >= 0.6 is 11.9 Å². The average Bonchev–Trinajstić information content (AvgIpc) is 2.63. The number of benzene rings is 1. The molecular weight excluding hydrogens is 251 g/mol. The van der Waals surface area contributed by atoms with Crippen LogP contribution in [0.3, 0.4) is 0 Å². The molecule has 1 heterocycles. The summed E-state index contributed by atoms with van der Waals surface area (Å²) in [5, 5.41) is 0. The number of hydrogen-bond acceptors (Lipinski definition) is 4. The van der Waals surface area contributed by atoms with Gasteiger partial charge in [0.15, 0.2) is 5.50 Å². The lowest BCUT2D eigenvalue weighted by Crippen LogP contribution is -2.14. The molecule has 1 aliphatic rings. The van der Waals surface area contributed by atoms with Gasteiger partial charge in [-0.05, 0) is 29.6 Å². The fourth-order valence-electron chi connectivity index (χ4n) is 1.44. The summed E-state index contributed by atoms with van der Waals surface area (Å²) in [4.78, 5) is 3.90. The Kier molecular flexibility index (Phi) is 3.30. The maximum atomic E-state index is 12.5. The second-order valence-corrected chi connectivity index (χ2v) is 4.70. The lowest BCUT2D eigenvalue weighted by atomic mass is 10.1. The molecule has 2 N–H and O–H groups in total. The molecule has 1 aliphatic heterocycles. The summed E-state index contributed by atoms with van der Waals surface area (Å²) >= 11 is 1.28. The summed E-state index contributed by atoms with van der Waals surface area (Å²) < 4.78 is 39.1. The lowest BCUT2D eigenvalue weighted by Gasteiger charge is -2.14. The van der Waals surface area contributed by atoms with Crippen molar-refractivity contribution in [2.24, 2.45) is 10.7 Å². The minimum Gasteiger partial charge on any atom is -0.300 e. The summed E-state index contributed by atoms with van der Waals surface area (Å²) in [5.41, 5.74) is 5.10. The summed E-state index contributed by atoms with van der Waals surface area (Å²) in [6.45, 7) is 0.353. The second kappa shape index (κ2) is 4.58. The third kappa shape index (κ3) is 3.13. The summed E-state index contributed by atoms with van der Waals surface area (Å²) in [5.74, 6) is 0. The van der Waals surface area contributed by atoms with Gasteiger partial charge < -0.3 is 0 Å². The van der Waals surface area contributed by atoms with Crippen molar-refractivity contribution in [1.29, 1.82) is 0 Å². The van der Waals surface area contributed by atoms with Crippen molar-refractivity contribution in [2.75, 3.05) is 0 Å². The molecule has 7 heteroatoms. The Labute approximate surface area is 101 Å². The maximum absolute atomic E-state index is 12.5. The number of alkyl halides is 3. The first-order valence-electron chi connectivity index (χ1n) is 4.83. The molecule has 1 aromatic rings. The Morgan fingerprint density at radius 3 is 2.76 bits per heavy atom. The van der Waals surface area contributed by atoms with E-state index in [9.17, 15) is 13.2 Å². The SMILES string of the molecule is NC1N=CN(Cc2cccc(C(F)(F)F)c2)S1. The predicted octanol–water partition coefficient (Wildman–Crippen LogP) is 2.44. The normalized spacial score (nSPS) is 20.0. The fourth-order valence-corrected chi connectivity index (χ4v) is 2.16. The highest BCUT2D eigenvalue weighted by Crippen LogP contribution is 2.30. The Hall–Kier alpha value is -1.21. The molecule has 0 aromatic heterocycles. The number of halogens is 3. The van der Waals surface area contributed by atoms with Crippen LogP contribution in [0.1, 0.15) is 11.1 Å². The topological polar surface area (TPSA) is 41.6 Å². The zero-order valence-electron chi connectivity index (χ0n) is 8.69. The van der Waals surface area contributed by atoms with Crippen LogP contribution in [-0.4, -0.2) is 16.1 Å². The molecule has 0 saturated heterocycles. The van der Waals surface area contributed by atoms with Gasteiger partial charge in [-0.3, -0.25) is 10.0 Å². The molecule has 0 aliphatic carbocycles. The van der Waals surface area contributed by atoms with Crippen molar-refractivity contribution in [3.63, 3.8) is 0 Å². The molecule has 17 heavy (non-hydrogen) atoms. The molecule has 1 aromatic carbocycles. The number of nitrogens with two attached hydrogens (primary N) is 1. The number of aliphatic imine (C=N–C) groups is 1. The average molecular weight is 261 g/mol. The van der Waals surface area contributed by atoms with E-state index in [-0.39, 0.29) is 5.50 Å². The molecule has 3 nitrogen and oxygen atoms in total. The minimum atomic E-state index is -4.31. The zero-order chi connectivity index (χ0) is 12.5. The van der Waals surface area contributed by atoms with Crippen LogP contribution in [0, 0.1) is 0 Å². The molecule has 0 amide bonds. The lowest BCUT2D eigenvalue weighted by molar-refractivity contribution is -0.137. The third-order valence-electron chi connectivity index (χ3n) is 2.18. The summed E-state index contributed by atoms with van der Waals surface area (Å²) in [6, 6.07) is 5.24. The minimum absolute atomic E-state index is 0.353. The van der Waals surface area contributed by atoms with E-state index in [1.807, 2.05) is 0 Å². The van der Waals surface area contributed by atoms with Crippen molar-refractivity contribution in [1.82, 2.24) is 4.31 Å². The molecule has 92 valence electrons. The Balaban J connectivity index is 2.09. The molecule has 1 unspecified atom stereocenters. The van der Waals surface area contributed by atoms with E-state index < -0.39 is 11.7 Å². The quantitative estimate of drug-likeness (QED) is 0.831. The maximum Gasteiger partial charge on any atom is 0.416 e. The zero-order valence-corrected chi connectivity index (χ0v) is 9.50. The molecule has 1 atom stereocenters. The molecule has 0 bridgehead atoms. The molecule has 0 saturated carbocycles. The van der Waals surface area contributed by atoms with Gasteiger partial charge in [-0.25, -0.2) is 4.99 Å². The first kappa shape index (κ1) is 12.3. The smallest absolute Gasteiger partial charge is 0.300 e.